The first-order chi connectivity index (χ1) is 22.4. The second kappa shape index (κ2) is 16.1. The summed E-state index contributed by atoms with van der Waals surface area (Å²) in [5.41, 5.74) is -4.05. The maximum Gasteiger partial charge on any atom is 0.351 e. The average Bonchev–Trinajstić information content (AvgIpc) is 3.05. The molecule has 2 aliphatic heterocycles. The number of ether oxygens (including phenoxy) is 5. The van der Waals surface area contributed by atoms with Gasteiger partial charge < -0.3 is 33.7 Å². The van der Waals surface area contributed by atoms with E-state index in [1.165, 1.54) is 27.0 Å². The van der Waals surface area contributed by atoms with Crippen molar-refractivity contribution >= 4 is 23.5 Å². The summed E-state index contributed by atoms with van der Waals surface area (Å²) in [6, 6.07) is 8.05. The van der Waals surface area contributed by atoms with Gasteiger partial charge in [-0.3, -0.25) is 9.59 Å². The number of halogens is 1. The number of rotatable bonds is 7. The standard InChI is InChI=1S/C36H52FNO10/c1-11-27-26(39)17-20(2)28(40)21(3)19-35(6,44-10)31(23(5)30(41)36(7,37)34(43)46-27)48-33-29(25(38(8)9)18-22(4)45-33)47-32(42)24-15-13-12-14-16-24/h12-17,21-23,25-27,29,31,33,39H,11,18-19H2,1-10H3/b20-17-/t21-,22-,23+,25+,26+,27-,29-,31-,33?,35-,36+/m1/s1. The Balaban J connectivity index is 2.15. The SMILES string of the molecule is CC[C@H]1OC(=O)[C@@](C)(F)C(=O)[C@H](C)[C@@H](OC2O[C@H](C)C[C@H](N(C)C)[C@H]2OC(=O)c2ccccc2)[C@](C)(OC)C[C@@H](C)C(=O)/C(C)=C\[C@@H]1O. The van der Waals surface area contributed by atoms with Crippen molar-refractivity contribution in [3.8, 4) is 0 Å². The normalized spacial score (nSPS) is 38.5. The molecule has 48 heavy (non-hydrogen) atoms. The number of hydrogen-bond donors (Lipinski definition) is 1. The van der Waals surface area contributed by atoms with Gasteiger partial charge in [-0.25, -0.2) is 14.0 Å². The van der Waals surface area contributed by atoms with E-state index >= 15 is 4.39 Å². The number of ketones is 2. The van der Waals surface area contributed by atoms with Crippen LogP contribution in [0.1, 0.15) is 78.1 Å². The monoisotopic (exact) mass is 677 g/mol. The summed E-state index contributed by atoms with van der Waals surface area (Å²) in [6.07, 6.45) is -4.70. The molecule has 0 aliphatic carbocycles. The highest BCUT2D eigenvalue weighted by atomic mass is 19.1. The molecular weight excluding hydrogens is 625 g/mol. The zero-order chi connectivity index (χ0) is 36.1. The average molecular weight is 678 g/mol. The Kier molecular flexibility index (Phi) is 13.2. The summed E-state index contributed by atoms with van der Waals surface area (Å²) in [7, 11) is 5.05. The van der Waals surface area contributed by atoms with Gasteiger partial charge in [0, 0.05) is 18.9 Å². The number of benzene rings is 1. The van der Waals surface area contributed by atoms with Crippen LogP contribution in [0.5, 0.6) is 0 Å². The van der Waals surface area contributed by atoms with Crippen LogP contribution in [0.3, 0.4) is 0 Å². The number of hydrogen-bond acceptors (Lipinski definition) is 11. The maximum atomic E-state index is 16.3. The van der Waals surface area contributed by atoms with Crippen molar-refractivity contribution in [2.45, 2.75) is 122 Å². The molecule has 0 bridgehead atoms. The molecule has 3 rings (SSSR count). The van der Waals surface area contributed by atoms with Crippen molar-refractivity contribution < 1.29 is 52.4 Å². The minimum absolute atomic E-state index is 0.00437. The van der Waals surface area contributed by atoms with Crippen molar-refractivity contribution in [3.63, 3.8) is 0 Å². The number of methoxy groups -OCH3 is 1. The predicted octanol–water partition coefficient (Wildman–Crippen LogP) is 4.24. The molecule has 268 valence electrons. The molecule has 11 atom stereocenters. The lowest BCUT2D eigenvalue weighted by atomic mass is 9.76. The molecule has 12 heteroatoms. The number of esters is 2. The number of cyclic esters (lactones) is 1. The lowest BCUT2D eigenvalue weighted by molar-refractivity contribution is -0.294. The highest BCUT2D eigenvalue weighted by Crippen LogP contribution is 2.38. The quantitative estimate of drug-likeness (QED) is 0.328. The van der Waals surface area contributed by atoms with Crippen LogP contribution < -0.4 is 0 Å². The number of aliphatic hydroxyl groups excluding tert-OH is 1. The molecule has 0 saturated carbocycles. The number of nitrogens with zero attached hydrogens (tertiary/aromatic N) is 1. The van der Waals surface area contributed by atoms with Gasteiger partial charge in [0.25, 0.3) is 5.67 Å². The molecule has 1 aromatic carbocycles. The Morgan fingerprint density at radius 2 is 1.73 bits per heavy atom. The van der Waals surface area contributed by atoms with Gasteiger partial charge in [-0.1, -0.05) is 39.0 Å². The summed E-state index contributed by atoms with van der Waals surface area (Å²) in [6.45, 7) is 10.5. The predicted molar refractivity (Wildman–Crippen MR) is 175 cm³/mol. The molecular formula is C36H52FNO10. The summed E-state index contributed by atoms with van der Waals surface area (Å²) < 4.78 is 46.5. The van der Waals surface area contributed by atoms with Crippen LogP contribution in [0, 0.1) is 11.8 Å². The van der Waals surface area contributed by atoms with Crippen LogP contribution in [0.2, 0.25) is 0 Å². The smallest absolute Gasteiger partial charge is 0.351 e. The van der Waals surface area contributed by atoms with Crippen LogP contribution in [0.15, 0.2) is 42.0 Å². The van der Waals surface area contributed by atoms with Gasteiger partial charge >= 0.3 is 11.9 Å². The molecule has 1 saturated heterocycles. The van der Waals surface area contributed by atoms with E-state index in [1.54, 1.807) is 51.1 Å². The molecule has 0 aromatic heterocycles. The fourth-order valence-corrected chi connectivity index (χ4v) is 6.63. The molecule has 1 aromatic rings. The fraction of sp³-hybridized carbons (Fsp3) is 0.667. The van der Waals surface area contributed by atoms with Crippen LogP contribution in [-0.4, -0.2) is 109 Å². The zero-order valence-corrected chi connectivity index (χ0v) is 29.7. The summed E-state index contributed by atoms with van der Waals surface area (Å²) in [5.74, 6) is -5.63. The third-order valence-electron chi connectivity index (χ3n) is 9.58. The summed E-state index contributed by atoms with van der Waals surface area (Å²) in [4.78, 5) is 55.9. The van der Waals surface area contributed by atoms with E-state index in [0.29, 0.717) is 12.0 Å². The summed E-state index contributed by atoms with van der Waals surface area (Å²) in [5, 5.41) is 10.8. The third-order valence-corrected chi connectivity index (χ3v) is 9.58. The molecule has 1 N–H and O–H groups in total. The van der Waals surface area contributed by atoms with Crippen molar-refractivity contribution in [3.05, 3.63) is 47.5 Å². The van der Waals surface area contributed by atoms with E-state index in [0.717, 1.165) is 6.92 Å². The Morgan fingerprint density at radius 3 is 2.29 bits per heavy atom. The minimum Gasteiger partial charge on any atom is -0.457 e. The Labute approximate surface area is 283 Å². The highest BCUT2D eigenvalue weighted by Gasteiger charge is 2.54. The minimum atomic E-state index is -3.14. The zero-order valence-electron chi connectivity index (χ0n) is 29.7. The Hall–Kier alpha value is -3.03. The molecule has 11 nitrogen and oxygen atoms in total. The second-order valence-corrected chi connectivity index (χ2v) is 13.7. The molecule has 2 aliphatic rings. The first-order valence-electron chi connectivity index (χ1n) is 16.5. The number of carbonyl (C=O) groups excluding carboxylic acids is 4. The number of allylic oxidation sites excluding steroid dienone is 1. The van der Waals surface area contributed by atoms with Gasteiger partial charge in [0.05, 0.1) is 29.4 Å². The Morgan fingerprint density at radius 1 is 1.10 bits per heavy atom. The third kappa shape index (κ3) is 8.76. The lowest BCUT2D eigenvalue weighted by Gasteiger charge is -2.47. The van der Waals surface area contributed by atoms with Crippen molar-refractivity contribution in [1.29, 1.82) is 0 Å². The number of carbonyl (C=O) groups is 4. The van der Waals surface area contributed by atoms with Crippen molar-refractivity contribution in [2.75, 3.05) is 21.2 Å². The van der Waals surface area contributed by atoms with Gasteiger partial charge in [0.1, 0.15) is 12.2 Å². The number of likely N-dealkylation sites (N-methyl/N-ethyl adjacent to an activating group) is 1. The van der Waals surface area contributed by atoms with Crippen LogP contribution >= 0.6 is 0 Å². The topological polar surface area (TPSA) is 138 Å². The summed E-state index contributed by atoms with van der Waals surface area (Å²) >= 11 is 0. The molecule has 2 heterocycles. The van der Waals surface area contributed by atoms with E-state index in [9.17, 15) is 24.3 Å². The van der Waals surface area contributed by atoms with Crippen molar-refractivity contribution in [1.82, 2.24) is 4.90 Å². The van der Waals surface area contributed by atoms with E-state index in [4.69, 9.17) is 23.7 Å². The number of Topliss-reactive ketones (excluding diaryl/α,β-unsaturated/α-hetero) is 2. The van der Waals surface area contributed by atoms with Crippen LogP contribution in [0.4, 0.5) is 4.39 Å². The van der Waals surface area contributed by atoms with E-state index in [2.05, 4.69) is 0 Å². The van der Waals surface area contributed by atoms with Crippen LogP contribution in [0.25, 0.3) is 0 Å². The van der Waals surface area contributed by atoms with Gasteiger partial charge in [0.2, 0.25) is 0 Å². The van der Waals surface area contributed by atoms with Gasteiger partial charge in [-0.15, -0.1) is 0 Å². The largest absolute Gasteiger partial charge is 0.457 e. The first kappa shape index (κ1) is 39.4. The molecule has 0 amide bonds. The maximum absolute atomic E-state index is 16.3. The first-order valence-corrected chi connectivity index (χ1v) is 16.5. The molecule has 1 fully saturated rings. The van der Waals surface area contributed by atoms with Gasteiger partial charge in [-0.2, -0.15) is 0 Å². The van der Waals surface area contributed by atoms with E-state index in [1.807, 2.05) is 25.9 Å². The van der Waals surface area contributed by atoms with Gasteiger partial charge in [-0.05, 0) is 84.8 Å². The van der Waals surface area contributed by atoms with Gasteiger partial charge in [0.15, 0.2) is 24.0 Å². The molecule has 0 spiro atoms. The molecule has 0 radical (unpaired) electrons. The Bertz CT molecular complexity index is 1330. The highest BCUT2D eigenvalue weighted by molar-refractivity contribution is 6.08. The van der Waals surface area contributed by atoms with Crippen LogP contribution in [-0.2, 0) is 38.1 Å². The lowest BCUT2D eigenvalue weighted by Crippen LogP contribution is -2.61. The number of alkyl halides is 1. The molecule has 1 unspecified atom stereocenters. The number of aliphatic hydroxyl groups is 1. The fourth-order valence-electron chi connectivity index (χ4n) is 6.63. The van der Waals surface area contributed by atoms with Crippen molar-refractivity contribution in [2.24, 2.45) is 11.8 Å². The second-order valence-electron chi connectivity index (χ2n) is 13.7. The van der Waals surface area contributed by atoms with E-state index < -0.39 is 71.5 Å². The van der Waals surface area contributed by atoms with E-state index in [-0.39, 0.29) is 36.3 Å².